The monoisotopic (exact) mass is 434 g/mol. The maximum Gasteiger partial charge on any atom is 0.310 e. The van der Waals surface area contributed by atoms with Crippen LogP contribution >= 0.6 is 0 Å². The van der Waals surface area contributed by atoms with Gasteiger partial charge in [0.2, 0.25) is 0 Å². The van der Waals surface area contributed by atoms with Gasteiger partial charge in [-0.25, -0.2) is 0 Å². The van der Waals surface area contributed by atoms with Gasteiger partial charge in [-0.05, 0) is 73.0 Å². The smallest absolute Gasteiger partial charge is 0.310 e. The van der Waals surface area contributed by atoms with E-state index in [-0.39, 0.29) is 19.0 Å². The first-order chi connectivity index (χ1) is 16.0. The number of ether oxygens (including phenoxy) is 1. The van der Waals surface area contributed by atoms with Gasteiger partial charge in [0.25, 0.3) is 0 Å². The highest BCUT2D eigenvalue weighted by Gasteiger charge is 2.04. The summed E-state index contributed by atoms with van der Waals surface area (Å²) in [6, 6.07) is 23.6. The fourth-order valence-electron chi connectivity index (χ4n) is 3.00. The standard InChI is InChI=1S/C30H26O3/c1-23(2)19-21-33-30(32)22-27-9-7-25(8-10-27)5-6-26-13-17-29(18-14-26)28-15-11-24(12-16-28)4-3-20-31/h7-19,31H,20-22H2,1-2H3. The van der Waals surface area contributed by atoms with Crippen LogP contribution < -0.4 is 0 Å². The molecule has 3 aromatic carbocycles. The van der Waals surface area contributed by atoms with Gasteiger partial charge < -0.3 is 9.84 Å². The van der Waals surface area contributed by atoms with E-state index < -0.39 is 0 Å². The number of esters is 1. The maximum absolute atomic E-state index is 11.9. The number of hydrogen-bond acceptors (Lipinski definition) is 3. The normalized spacial score (nSPS) is 9.67. The summed E-state index contributed by atoms with van der Waals surface area (Å²) in [4.78, 5) is 11.9. The highest BCUT2D eigenvalue weighted by Crippen LogP contribution is 2.20. The Morgan fingerprint density at radius 3 is 1.76 bits per heavy atom. The highest BCUT2D eigenvalue weighted by molar-refractivity contribution is 5.72. The molecule has 3 nitrogen and oxygen atoms in total. The van der Waals surface area contributed by atoms with Gasteiger partial charge in [0, 0.05) is 16.7 Å². The first-order valence-electron chi connectivity index (χ1n) is 10.7. The molecule has 0 heterocycles. The van der Waals surface area contributed by atoms with Gasteiger partial charge in [0.05, 0.1) is 6.42 Å². The fraction of sp³-hybridized carbons (Fsp3) is 0.167. The molecule has 3 rings (SSSR count). The van der Waals surface area contributed by atoms with Gasteiger partial charge >= 0.3 is 5.97 Å². The van der Waals surface area contributed by atoms with E-state index >= 15 is 0 Å². The molecule has 164 valence electrons. The fourth-order valence-corrected chi connectivity index (χ4v) is 3.00. The molecule has 0 aromatic heterocycles. The Labute approximate surface area is 195 Å². The van der Waals surface area contributed by atoms with Crippen LogP contribution in [0.4, 0.5) is 0 Å². The van der Waals surface area contributed by atoms with Crippen LogP contribution in [-0.4, -0.2) is 24.3 Å². The molecule has 3 heteroatoms. The third-order valence-corrected chi connectivity index (χ3v) is 4.80. The van der Waals surface area contributed by atoms with Crippen molar-refractivity contribution in [1.29, 1.82) is 0 Å². The Kier molecular flexibility index (Phi) is 8.66. The first-order valence-corrected chi connectivity index (χ1v) is 10.7. The Hall–Kier alpha value is -4.05. The summed E-state index contributed by atoms with van der Waals surface area (Å²) in [6.45, 7) is 4.12. The van der Waals surface area contributed by atoms with Crippen molar-refractivity contribution in [3.63, 3.8) is 0 Å². The summed E-state index contributed by atoms with van der Waals surface area (Å²) >= 11 is 0. The van der Waals surface area contributed by atoms with Crippen molar-refractivity contribution in [2.24, 2.45) is 0 Å². The van der Waals surface area contributed by atoms with Crippen molar-refractivity contribution in [3.05, 3.63) is 107 Å². The predicted molar refractivity (Wildman–Crippen MR) is 132 cm³/mol. The largest absolute Gasteiger partial charge is 0.461 e. The van der Waals surface area contributed by atoms with Crippen LogP contribution in [0, 0.1) is 23.7 Å². The molecule has 3 aromatic rings. The van der Waals surface area contributed by atoms with Crippen LogP contribution in [0.25, 0.3) is 11.1 Å². The summed E-state index contributed by atoms with van der Waals surface area (Å²) in [5, 5.41) is 8.78. The highest BCUT2D eigenvalue weighted by atomic mass is 16.5. The van der Waals surface area contributed by atoms with Crippen LogP contribution in [0.1, 0.15) is 36.1 Å². The molecule has 0 saturated heterocycles. The van der Waals surface area contributed by atoms with Crippen molar-refractivity contribution in [1.82, 2.24) is 0 Å². The lowest BCUT2D eigenvalue weighted by Gasteiger charge is -2.03. The zero-order valence-corrected chi connectivity index (χ0v) is 18.9. The number of aliphatic hydroxyl groups is 1. The Morgan fingerprint density at radius 1 is 0.788 bits per heavy atom. The SMILES string of the molecule is CC(C)=CCOC(=O)Cc1ccc(C#Cc2ccc(-c3ccc(C#CCO)cc3)cc2)cc1. The molecule has 1 N–H and O–H groups in total. The summed E-state index contributed by atoms with van der Waals surface area (Å²) in [7, 11) is 0. The van der Waals surface area contributed by atoms with Crippen LogP contribution in [-0.2, 0) is 16.0 Å². The molecule has 0 radical (unpaired) electrons. The molecule has 0 aliphatic heterocycles. The first kappa shape index (κ1) is 23.6. The maximum atomic E-state index is 11.9. The molecule has 0 amide bonds. The quantitative estimate of drug-likeness (QED) is 0.343. The molecule has 0 atom stereocenters. The van der Waals surface area contributed by atoms with Crippen molar-refractivity contribution < 1.29 is 14.6 Å². The molecule has 0 spiro atoms. The number of allylic oxidation sites excluding steroid dienone is 1. The molecular formula is C30H26O3. The lowest BCUT2D eigenvalue weighted by Crippen LogP contribution is -2.08. The van der Waals surface area contributed by atoms with Crippen LogP contribution in [0.5, 0.6) is 0 Å². The van der Waals surface area contributed by atoms with E-state index in [0.29, 0.717) is 6.61 Å². The van der Waals surface area contributed by atoms with E-state index in [0.717, 1.165) is 39.0 Å². The lowest BCUT2D eigenvalue weighted by molar-refractivity contribution is -0.141. The minimum Gasteiger partial charge on any atom is -0.461 e. The third-order valence-electron chi connectivity index (χ3n) is 4.80. The van der Waals surface area contributed by atoms with Crippen molar-refractivity contribution in [2.45, 2.75) is 20.3 Å². The Morgan fingerprint density at radius 2 is 1.27 bits per heavy atom. The van der Waals surface area contributed by atoms with Gasteiger partial charge in [-0.2, -0.15) is 0 Å². The van der Waals surface area contributed by atoms with E-state index in [1.807, 2.05) is 92.7 Å². The number of rotatable bonds is 5. The summed E-state index contributed by atoms with van der Waals surface area (Å²) in [5.41, 5.74) is 6.92. The second kappa shape index (κ2) is 12.1. The van der Waals surface area contributed by atoms with Gasteiger partial charge in [-0.1, -0.05) is 65.7 Å². The number of benzene rings is 3. The van der Waals surface area contributed by atoms with E-state index in [2.05, 4.69) is 23.7 Å². The molecule has 0 unspecified atom stereocenters. The number of carbonyl (C=O) groups is 1. The zero-order chi connectivity index (χ0) is 23.5. The van der Waals surface area contributed by atoms with Crippen LogP contribution in [0.15, 0.2) is 84.4 Å². The van der Waals surface area contributed by atoms with E-state index in [1.165, 1.54) is 0 Å². The summed E-state index contributed by atoms with van der Waals surface area (Å²) in [6.07, 6.45) is 2.13. The average molecular weight is 435 g/mol. The minimum atomic E-state index is -0.237. The van der Waals surface area contributed by atoms with Crippen LogP contribution in [0.3, 0.4) is 0 Å². The number of carbonyl (C=O) groups excluding carboxylic acids is 1. The molecular weight excluding hydrogens is 408 g/mol. The van der Waals surface area contributed by atoms with Gasteiger partial charge in [0.1, 0.15) is 13.2 Å². The minimum absolute atomic E-state index is 0.139. The van der Waals surface area contributed by atoms with Crippen molar-refractivity contribution in [3.8, 4) is 34.8 Å². The third kappa shape index (κ3) is 7.86. The Bertz CT molecular complexity index is 1220. The number of hydrogen-bond donors (Lipinski definition) is 1. The zero-order valence-electron chi connectivity index (χ0n) is 18.9. The molecule has 0 saturated carbocycles. The molecule has 33 heavy (non-hydrogen) atoms. The van der Waals surface area contributed by atoms with E-state index in [1.54, 1.807) is 0 Å². The molecule has 0 aliphatic carbocycles. The second-order valence-corrected chi connectivity index (χ2v) is 7.70. The predicted octanol–water partition coefficient (Wildman–Crippen LogP) is 5.15. The Balaban J connectivity index is 1.58. The van der Waals surface area contributed by atoms with E-state index in [4.69, 9.17) is 9.84 Å². The lowest BCUT2D eigenvalue weighted by atomic mass is 10.0. The number of aliphatic hydroxyl groups excluding tert-OH is 1. The second-order valence-electron chi connectivity index (χ2n) is 7.70. The van der Waals surface area contributed by atoms with Gasteiger partial charge in [-0.15, -0.1) is 0 Å². The summed E-state index contributed by atoms with van der Waals surface area (Å²) in [5.74, 6) is 11.7. The van der Waals surface area contributed by atoms with Crippen molar-refractivity contribution >= 4 is 5.97 Å². The van der Waals surface area contributed by atoms with Crippen molar-refractivity contribution in [2.75, 3.05) is 13.2 Å². The topological polar surface area (TPSA) is 46.5 Å². The van der Waals surface area contributed by atoms with Gasteiger partial charge in [0.15, 0.2) is 0 Å². The molecule has 0 aliphatic rings. The van der Waals surface area contributed by atoms with Crippen LogP contribution in [0.2, 0.25) is 0 Å². The van der Waals surface area contributed by atoms with E-state index in [9.17, 15) is 4.79 Å². The van der Waals surface area contributed by atoms with Gasteiger partial charge in [-0.3, -0.25) is 4.79 Å². The average Bonchev–Trinajstić information content (AvgIpc) is 2.83. The molecule has 0 fully saturated rings. The summed E-state index contributed by atoms with van der Waals surface area (Å²) < 4.78 is 5.20. The molecule has 0 bridgehead atoms.